The molecule has 0 atom stereocenters. The fourth-order valence-corrected chi connectivity index (χ4v) is 4.87. The molecule has 5 rings (SSSR count). The lowest BCUT2D eigenvalue weighted by molar-refractivity contribution is 0.0736. The first-order valence-electron chi connectivity index (χ1n) is 11.4. The van der Waals surface area contributed by atoms with Gasteiger partial charge in [-0.3, -0.25) is 4.79 Å². The number of halogens is 3. The minimum absolute atomic E-state index is 0.130. The number of benzene rings is 3. The van der Waals surface area contributed by atoms with Crippen LogP contribution in [0.25, 0.3) is 21.9 Å². The lowest BCUT2D eigenvalue weighted by Gasteiger charge is -2.22. The molecule has 35 heavy (non-hydrogen) atoms. The number of hydrogen-bond donors (Lipinski definition) is 1. The van der Waals surface area contributed by atoms with E-state index in [2.05, 4.69) is 24.0 Å². The van der Waals surface area contributed by atoms with Crippen LogP contribution in [0.3, 0.4) is 0 Å². The van der Waals surface area contributed by atoms with Crippen LogP contribution >= 0.6 is 34.8 Å². The zero-order valence-electron chi connectivity index (χ0n) is 19.1. The highest BCUT2D eigenvalue weighted by Crippen LogP contribution is 2.27. The summed E-state index contributed by atoms with van der Waals surface area (Å²) in [6.07, 6.45) is 3.37. The zero-order chi connectivity index (χ0) is 24.5. The summed E-state index contributed by atoms with van der Waals surface area (Å²) in [5.74, 6) is 0.593. The lowest BCUT2D eigenvalue weighted by atomic mass is 10.1. The van der Waals surface area contributed by atoms with Crippen LogP contribution in [0.15, 0.2) is 71.3 Å². The number of fused-ring (bicyclic) bond motifs is 2. The first-order chi connectivity index (χ1) is 16.9. The number of hydrogen-bond acceptors (Lipinski definition) is 2. The number of aromatic nitrogens is 1. The minimum atomic E-state index is -0.130. The van der Waals surface area contributed by atoms with Crippen molar-refractivity contribution in [3.8, 4) is 0 Å². The molecule has 1 N–H and O–H groups in total. The molecule has 2 heterocycles. The Labute approximate surface area is 218 Å². The van der Waals surface area contributed by atoms with Crippen LogP contribution < -0.4 is 0 Å². The maximum atomic E-state index is 13.8. The molecule has 0 aliphatic heterocycles. The molecule has 0 spiro atoms. The van der Waals surface area contributed by atoms with Crippen molar-refractivity contribution < 1.29 is 9.21 Å². The highest BCUT2D eigenvalue weighted by Gasteiger charge is 2.22. The summed E-state index contributed by atoms with van der Waals surface area (Å²) in [5, 5.41) is 3.44. The number of amides is 1. The average Bonchev–Trinajstić information content (AvgIpc) is 3.48. The smallest absolute Gasteiger partial charge is 0.256 e. The highest BCUT2D eigenvalue weighted by atomic mass is 35.5. The van der Waals surface area contributed by atoms with Gasteiger partial charge in [0.15, 0.2) is 0 Å². The van der Waals surface area contributed by atoms with Crippen LogP contribution in [-0.4, -0.2) is 22.3 Å². The summed E-state index contributed by atoms with van der Waals surface area (Å²) in [7, 11) is 0. The third kappa shape index (κ3) is 5.06. The number of nitrogens with one attached hydrogen (secondary N) is 1. The summed E-state index contributed by atoms with van der Waals surface area (Å²) < 4.78 is 6.10. The van der Waals surface area contributed by atoms with E-state index in [9.17, 15) is 4.79 Å². The quantitative estimate of drug-likeness (QED) is 0.232. The van der Waals surface area contributed by atoms with E-state index in [1.54, 1.807) is 17.0 Å². The van der Waals surface area contributed by atoms with Gasteiger partial charge in [0.25, 0.3) is 5.91 Å². The van der Waals surface area contributed by atoms with Gasteiger partial charge in [0.1, 0.15) is 11.3 Å². The monoisotopic (exact) mass is 524 g/mol. The molecular formula is C28H23Cl3N2O2. The number of furan rings is 1. The predicted octanol–water partition coefficient (Wildman–Crippen LogP) is 8.32. The SMILES string of the molecule is CCc1ccc2oc(CN(CCc3ccc(Cl)c(Cl)c3)C(=O)c3cc(Cl)cc4cc[nH]c34)cc2c1. The average molecular weight is 526 g/mol. The van der Waals surface area contributed by atoms with E-state index in [-0.39, 0.29) is 5.91 Å². The molecule has 2 aromatic heterocycles. The molecule has 0 saturated carbocycles. The van der Waals surface area contributed by atoms with E-state index >= 15 is 0 Å². The Morgan fingerprint density at radius 2 is 1.74 bits per heavy atom. The molecule has 7 heteroatoms. The van der Waals surface area contributed by atoms with Gasteiger partial charge < -0.3 is 14.3 Å². The standard InChI is InChI=1S/C28H23Cl3N2O2/c1-2-17-4-6-26-20(11-17)14-22(35-26)16-33(10-8-18-3-5-24(30)25(31)12-18)28(34)23-15-21(29)13-19-7-9-32-27(19)23/h3-7,9,11-15,32H,2,8,10,16H2,1H3. The Kier molecular flexibility index (Phi) is 6.79. The van der Waals surface area contributed by atoms with Gasteiger partial charge in [-0.15, -0.1) is 0 Å². The van der Waals surface area contributed by atoms with Crippen LogP contribution in [0.2, 0.25) is 15.1 Å². The van der Waals surface area contributed by atoms with E-state index in [1.807, 2.05) is 42.6 Å². The first-order valence-corrected chi connectivity index (χ1v) is 12.6. The normalized spacial score (nSPS) is 11.4. The van der Waals surface area contributed by atoms with Gasteiger partial charge in [-0.2, -0.15) is 0 Å². The molecule has 0 bridgehead atoms. The summed E-state index contributed by atoms with van der Waals surface area (Å²) in [5.41, 5.74) is 4.33. The fourth-order valence-electron chi connectivity index (χ4n) is 4.32. The van der Waals surface area contributed by atoms with Crippen LogP contribution in [0, 0.1) is 0 Å². The number of carbonyl (C=O) groups excluding carboxylic acids is 1. The molecule has 5 aromatic rings. The van der Waals surface area contributed by atoms with Gasteiger partial charge in [-0.25, -0.2) is 0 Å². The summed E-state index contributed by atoms with van der Waals surface area (Å²) in [4.78, 5) is 18.8. The first kappa shape index (κ1) is 23.8. The Bertz CT molecular complexity index is 1540. The number of rotatable bonds is 7. The van der Waals surface area contributed by atoms with Crippen molar-refractivity contribution in [1.29, 1.82) is 0 Å². The number of carbonyl (C=O) groups is 1. The molecule has 3 aromatic carbocycles. The Morgan fingerprint density at radius 1 is 0.914 bits per heavy atom. The lowest BCUT2D eigenvalue weighted by Crippen LogP contribution is -2.32. The predicted molar refractivity (Wildman–Crippen MR) is 144 cm³/mol. The van der Waals surface area contributed by atoms with E-state index < -0.39 is 0 Å². The maximum absolute atomic E-state index is 13.8. The van der Waals surface area contributed by atoms with Crippen LogP contribution in [0.1, 0.15) is 34.2 Å². The third-order valence-corrected chi connectivity index (χ3v) is 7.14. The number of nitrogens with zero attached hydrogens (tertiary/aromatic N) is 1. The molecule has 0 aliphatic rings. The third-order valence-electron chi connectivity index (χ3n) is 6.18. The molecule has 0 unspecified atom stereocenters. The minimum Gasteiger partial charge on any atom is -0.459 e. The molecule has 4 nitrogen and oxygen atoms in total. The molecule has 0 saturated heterocycles. The summed E-state index contributed by atoms with van der Waals surface area (Å²) in [6.45, 7) is 2.91. The van der Waals surface area contributed by atoms with Gasteiger partial charge >= 0.3 is 0 Å². The van der Waals surface area contributed by atoms with Crippen molar-refractivity contribution in [2.24, 2.45) is 0 Å². The zero-order valence-corrected chi connectivity index (χ0v) is 21.3. The van der Waals surface area contributed by atoms with Crippen LogP contribution in [0.5, 0.6) is 0 Å². The Hall–Kier alpha value is -2.92. The van der Waals surface area contributed by atoms with Crippen LogP contribution in [0.4, 0.5) is 0 Å². The van der Waals surface area contributed by atoms with Crippen molar-refractivity contribution in [2.75, 3.05) is 6.54 Å². The van der Waals surface area contributed by atoms with Crippen molar-refractivity contribution in [3.63, 3.8) is 0 Å². The molecular weight excluding hydrogens is 503 g/mol. The van der Waals surface area contributed by atoms with Gasteiger partial charge in [0.2, 0.25) is 0 Å². The molecule has 1 amide bonds. The second-order valence-corrected chi connectivity index (χ2v) is 9.81. The second kappa shape index (κ2) is 9.98. The molecule has 178 valence electrons. The van der Waals surface area contributed by atoms with Gasteiger partial charge in [-0.05, 0) is 72.5 Å². The fraction of sp³-hybridized carbons (Fsp3) is 0.179. The van der Waals surface area contributed by atoms with Crippen molar-refractivity contribution in [3.05, 3.63) is 104 Å². The topological polar surface area (TPSA) is 49.2 Å². The second-order valence-electron chi connectivity index (χ2n) is 8.56. The van der Waals surface area contributed by atoms with Crippen molar-refractivity contribution in [2.45, 2.75) is 26.3 Å². The maximum Gasteiger partial charge on any atom is 0.256 e. The van der Waals surface area contributed by atoms with E-state index in [1.165, 1.54) is 5.56 Å². The summed E-state index contributed by atoms with van der Waals surface area (Å²) >= 11 is 18.6. The summed E-state index contributed by atoms with van der Waals surface area (Å²) in [6, 6.07) is 19.2. The molecule has 0 radical (unpaired) electrons. The Balaban J connectivity index is 1.48. The van der Waals surface area contributed by atoms with E-state index in [4.69, 9.17) is 39.2 Å². The number of aryl methyl sites for hydroxylation is 1. The molecule has 0 fully saturated rings. The largest absolute Gasteiger partial charge is 0.459 e. The number of aromatic amines is 1. The van der Waals surface area contributed by atoms with E-state index in [0.717, 1.165) is 39.6 Å². The van der Waals surface area contributed by atoms with Crippen molar-refractivity contribution in [1.82, 2.24) is 9.88 Å². The van der Waals surface area contributed by atoms with Gasteiger partial charge in [-0.1, -0.05) is 53.9 Å². The Morgan fingerprint density at radius 3 is 2.54 bits per heavy atom. The molecule has 0 aliphatic carbocycles. The van der Waals surface area contributed by atoms with Gasteiger partial charge in [0.05, 0.1) is 27.7 Å². The number of H-pyrrole nitrogens is 1. The van der Waals surface area contributed by atoms with Crippen LogP contribution in [-0.2, 0) is 19.4 Å². The van der Waals surface area contributed by atoms with Gasteiger partial charge in [0, 0.05) is 28.5 Å². The highest BCUT2D eigenvalue weighted by molar-refractivity contribution is 6.42. The van der Waals surface area contributed by atoms with Crippen molar-refractivity contribution >= 4 is 62.6 Å². The van der Waals surface area contributed by atoms with E-state index in [0.29, 0.717) is 40.1 Å².